The number of primary amides is 1. The van der Waals surface area contributed by atoms with Crippen molar-refractivity contribution in [1.82, 2.24) is 0 Å². The second-order valence-corrected chi connectivity index (χ2v) is 3.50. The highest BCUT2D eigenvalue weighted by Gasteiger charge is 2.02. The van der Waals surface area contributed by atoms with E-state index in [4.69, 9.17) is 5.73 Å². The fourth-order valence-electron chi connectivity index (χ4n) is 1.43. The molecule has 2 nitrogen and oxygen atoms in total. The molecule has 1 amide bonds. The Bertz CT molecular complexity index is 319. The SMILES string of the molecule is Cc1cc(CC(N)=O)cc(C)c1C. The number of hydrogen-bond acceptors (Lipinski definition) is 1. The van der Waals surface area contributed by atoms with Gasteiger partial charge >= 0.3 is 0 Å². The average molecular weight is 177 g/mol. The second-order valence-electron chi connectivity index (χ2n) is 3.50. The van der Waals surface area contributed by atoms with E-state index in [1.54, 1.807) is 0 Å². The van der Waals surface area contributed by atoms with E-state index in [9.17, 15) is 4.79 Å². The quantitative estimate of drug-likeness (QED) is 0.733. The Morgan fingerprint density at radius 3 is 2.08 bits per heavy atom. The summed E-state index contributed by atoms with van der Waals surface area (Å²) in [6.07, 6.45) is 0.335. The molecule has 0 aliphatic carbocycles. The molecule has 0 bridgehead atoms. The number of nitrogens with two attached hydrogens (primary N) is 1. The van der Waals surface area contributed by atoms with Crippen molar-refractivity contribution in [3.8, 4) is 0 Å². The molecule has 0 spiro atoms. The number of carbonyl (C=O) groups excluding carboxylic acids is 1. The first kappa shape index (κ1) is 9.78. The molecule has 0 fully saturated rings. The van der Waals surface area contributed by atoms with Crippen LogP contribution < -0.4 is 5.73 Å². The molecular formula is C11H15NO. The third-order valence-corrected chi connectivity index (χ3v) is 2.37. The topological polar surface area (TPSA) is 43.1 Å². The molecule has 0 saturated carbocycles. The van der Waals surface area contributed by atoms with Crippen molar-refractivity contribution in [2.24, 2.45) is 5.73 Å². The lowest BCUT2D eigenvalue weighted by Gasteiger charge is -2.07. The van der Waals surface area contributed by atoms with Crippen molar-refractivity contribution < 1.29 is 4.79 Å². The molecule has 0 aromatic heterocycles. The van der Waals surface area contributed by atoms with E-state index in [1.165, 1.54) is 16.7 Å². The number of benzene rings is 1. The normalized spacial score (nSPS) is 10.1. The largest absolute Gasteiger partial charge is 0.369 e. The summed E-state index contributed by atoms with van der Waals surface area (Å²) in [7, 11) is 0. The van der Waals surface area contributed by atoms with E-state index in [-0.39, 0.29) is 5.91 Å². The fourth-order valence-corrected chi connectivity index (χ4v) is 1.43. The fraction of sp³-hybridized carbons (Fsp3) is 0.364. The van der Waals surface area contributed by atoms with Crippen LogP contribution in [0.15, 0.2) is 12.1 Å². The van der Waals surface area contributed by atoms with Crippen molar-refractivity contribution in [1.29, 1.82) is 0 Å². The molecule has 0 aliphatic rings. The van der Waals surface area contributed by atoms with Crippen LogP contribution in [0.2, 0.25) is 0 Å². The summed E-state index contributed by atoms with van der Waals surface area (Å²) in [5, 5.41) is 0. The van der Waals surface area contributed by atoms with Crippen LogP contribution in [-0.2, 0) is 11.2 Å². The predicted octanol–water partition coefficient (Wildman–Crippen LogP) is 1.64. The Morgan fingerprint density at radius 2 is 1.69 bits per heavy atom. The van der Waals surface area contributed by atoms with Gasteiger partial charge in [-0.15, -0.1) is 0 Å². The van der Waals surface area contributed by atoms with Gasteiger partial charge in [0.05, 0.1) is 6.42 Å². The molecular weight excluding hydrogens is 162 g/mol. The van der Waals surface area contributed by atoms with Crippen molar-refractivity contribution in [3.05, 3.63) is 34.4 Å². The molecule has 1 rings (SSSR count). The van der Waals surface area contributed by atoms with E-state index in [1.807, 2.05) is 26.0 Å². The van der Waals surface area contributed by atoms with Gasteiger partial charge in [0.25, 0.3) is 0 Å². The average Bonchev–Trinajstić information content (AvgIpc) is 1.98. The van der Waals surface area contributed by atoms with Gasteiger partial charge in [0.2, 0.25) is 5.91 Å². The molecule has 0 aliphatic heterocycles. The molecule has 70 valence electrons. The summed E-state index contributed by atoms with van der Waals surface area (Å²) in [6.45, 7) is 6.18. The lowest BCUT2D eigenvalue weighted by atomic mass is 9.99. The van der Waals surface area contributed by atoms with E-state index < -0.39 is 0 Å². The van der Waals surface area contributed by atoms with Crippen molar-refractivity contribution >= 4 is 5.91 Å². The van der Waals surface area contributed by atoms with Crippen LogP contribution in [0.5, 0.6) is 0 Å². The zero-order chi connectivity index (χ0) is 10.0. The maximum Gasteiger partial charge on any atom is 0.221 e. The first-order chi connectivity index (χ1) is 6.00. The molecule has 0 atom stereocenters. The number of hydrogen-bond donors (Lipinski definition) is 1. The van der Waals surface area contributed by atoms with Crippen molar-refractivity contribution in [3.63, 3.8) is 0 Å². The Hall–Kier alpha value is -1.31. The van der Waals surface area contributed by atoms with Gasteiger partial charge < -0.3 is 5.73 Å². The Morgan fingerprint density at radius 1 is 1.23 bits per heavy atom. The summed E-state index contributed by atoms with van der Waals surface area (Å²) >= 11 is 0. The van der Waals surface area contributed by atoms with Crippen LogP contribution in [0.4, 0.5) is 0 Å². The van der Waals surface area contributed by atoms with Crippen LogP contribution in [0, 0.1) is 20.8 Å². The van der Waals surface area contributed by atoms with E-state index >= 15 is 0 Å². The minimum absolute atomic E-state index is 0.275. The van der Waals surface area contributed by atoms with Gasteiger partial charge in [-0.25, -0.2) is 0 Å². The zero-order valence-electron chi connectivity index (χ0n) is 8.35. The smallest absolute Gasteiger partial charge is 0.221 e. The monoisotopic (exact) mass is 177 g/mol. The van der Waals surface area contributed by atoms with Crippen LogP contribution >= 0.6 is 0 Å². The minimum atomic E-state index is -0.275. The van der Waals surface area contributed by atoms with E-state index in [0.717, 1.165) is 5.56 Å². The Balaban J connectivity index is 3.06. The van der Waals surface area contributed by atoms with Crippen LogP contribution in [0.1, 0.15) is 22.3 Å². The van der Waals surface area contributed by atoms with Crippen LogP contribution in [0.3, 0.4) is 0 Å². The molecule has 13 heavy (non-hydrogen) atoms. The number of aryl methyl sites for hydroxylation is 2. The zero-order valence-corrected chi connectivity index (χ0v) is 8.35. The first-order valence-electron chi connectivity index (χ1n) is 4.35. The van der Waals surface area contributed by atoms with Gasteiger partial charge in [0, 0.05) is 0 Å². The van der Waals surface area contributed by atoms with Gasteiger partial charge in [-0.3, -0.25) is 4.79 Å². The summed E-state index contributed by atoms with van der Waals surface area (Å²) in [4.78, 5) is 10.7. The maximum absolute atomic E-state index is 10.7. The number of carbonyl (C=O) groups is 1. The van der Waals surface area contributed by atoms with Gasteiger partial charge in [0.15, 0.2) is 0 Å². The highest BCUT2D eigenvalue weighted by molar-refractivity contribution is 5.76. The number of amides is 1. The maximum atomic E-state index is 10.7. The van der Waals surface area contributed by atoms with Gasteiger partial charge in [0.1, 0.15) is 0 Å². The van der Waals surface area contributed by atoms with Crippen LogP contribution in [-0.4, -0.2) is 5.91 Å². The Labute approximate surface area is 78.8 Å². The molecule has 2 N–H and O–H groups in total. The minimum Gasteiger partial charge on any atom is -0.369 e. The predicted molar refractivity (Wildman–Crippen MR) is 53.6 cm³/mol. The van der Waals surface area contributed by atoms with Gasteiger partial charge in [-0.2, -0.15) is 0 Å². The first-order valence-corrected chi connectivity index (χ1v) is 4.35. The summed E-state index contributed by atoms with van der Waals surface area (Å²) in [5.74, 6) is -0.275. The Kier molecular flexibility index (Phi) is 2.71. The highest BCUT2D eigenvalue weighted by Crippen LogP contribution is 2.15. The molecule has 0 saturated heterocycles. The lowest BCUT2D eigenvalue weighted by Crippen LogP contribution is -2.13. The molecule has 0 radical (unpaired) electrons. The van der Waals surface area contributed by atoms with E-state index in [0.29, 0.717) is 6.42 Å². The van der Waals surface area contributed by atoms with Crippen LogP contribution in [0.25, 0.3) is 0 Å². The van der Waals surface area contributed by atoms with Gasteiger partial charge in [-0.1, -0.05) is 12.1 Å². The molecule has 1 aromatic rings. The molecule has 0 heterocycles. The second kappa shape index (κ2) is 3.60. The summed E-state index contributed by atoms with van der Waals surface area (Å²) < 4.78 is 0. The summed E-state index contributed by atoms with van der Waals surface area (Å²) in [5.41, 5.74) is 9.85. The standard InChI is InChI=1S/C11H15NO/c1-7-4-10(6-11(12)13)5-8(2)9(7)3/h4-5H,6H2,1-3H3,(H2,12,13). The van der Waals surface area contributed by atoms with Crippen molar-refractivity contribution in [2.45, 2.75) is 27.2 Å². The molecule has 0 unspecified atom stereocenters. The third kappa shape index (κ3) is 2.31. The van der Waals surface area contributed by atoms with E-state index in [2.05, 4.69) is 6.92 Å². The molecule has 2 heteroatoms. The highest BCUT2D eigenvalue weighted by atomic mass is 16.1. The number of rotatable bonds is 2. The lowest BCUT2D eigenvalue weighted by molar-refractivity contribution is -0.117. The third-order valence-electron chi connectivity index (χ3n) is 2.37. The molecule has 1 aromatic carbocycles. The van der Waals surface area contributed by atoms with Gasteiger partial charge in [-0.05, 0) is 43.0 Å². The summed E-state index contributed by atoms with van der Waals surface area (Å²) in [6, 6.07) is 4.04. The van der Waals surface area contributed by atoms with Crippen molar-refractivity contribution in [2.75, 3.05) is 0 Å².